The molecule has 0 radical (unpaired) electrons. The lowest BCUT2D eigenvalue weighted by molar-refractivity contribution is 0.0493. The molecule has 0 saturated carbocycles. The number of thiophene rings is 1. The predicted octanol–water partition coefficient (Wildman–Crippen LogP) is 3.07. The number of aliphatic hydroxyl groups excluding tert-OH is 1. The normalized spacial score (nSPS) is 13.2. The molecule has 1 atom stereocenters. The van der Waals surface area contributed by atoms with Crippen molar-refractivity contribution < 1.29 is 14.6 Å². The van der Waals surface area contributed by atoms with Crippen molar-refractivity contribution in [1.29, 1.82) is 0 Å². The third-order valence-corrected chi connectivity index (χ3v) is 3.49. The predicted molar refractivity (Wildman–Crippen MR) is 71.2 cm³/mol. The Labute approximate surface area is 113 Å². The van der Waals surface area contributed by atoms with Gasteiger partial charge < -0.3 is 15.2 Å². The molecule has 1 aromatic heterocycles. The molecule has 0 aromatic carbocycles. The lowest BCUT2D eigenvalue weighted by Crippen LogP contribution is -2.34. The molecule has 2 N–H and O–H groups in total. The second-order valence-electron chi connectivity index (χ2n) is 4.54. The molecule has 1 rings (SSSR count). The fourth-order valence-electron chi connectivity index (χ4n) is 1.10. The molecule has 1 heterocycles. The molecule has 0 bridgehead atoms. The van der Waals surface area contributed by atoms with Crippen LogP contribution < -0.4 is 5.32 Å². The number of carbonyl (C=O) groups is 1. The first-order chi connectivity index (χ1) is 7.78. The first kappa shape index (κ1) is 14.5. The van der Waals surface area contributed by atoms with Gasteiger partial charge in [0.15, 0.2) is 0 Å². The van der Waals surface area contributed by atoms with Crippen molar-refractivity contribution in [2.75, 3.05) is 6.54 Å². The molecular formula is C11H16BrNO3S. The van der Waals surface area contributed by atoms with E-state index < -0.39 is 17.8 Å². The highest BCUT2D eigenvalue weighted by Gasteiger charge is 2.17. The summed E-state index contributed by atoms with van der Waals surface area (Å²) in [6.45, 7) is 5.51. The van der Waals surface area contributed by atoms with E-state index in [4.69, 9.17) is 4.74 Å². The summed E-state index contributed by atoms with van der Waals surface area (Å²) in [7, 11) is 0. The Balaban J connectivity index is 2.38. The van der Waals surface area contributed by atoms with Crippen LogP contribution in [0.2, 0.25) is 0 Å². The monoisotopic (exact) mass is 321 g/mol. The zero-order valence-electron chi connectivity index (χ0n) is 9.99. The number of carbonyl (C=O) groups excluding carboxylic acids is 1. The number of ether oxygens (including phenoxy) is 1. The van der Waals surface area contributed by atoms with Gasteiger partial charge in [-0.1, -0.05) is 0 Å². The van der Waals surface area contributed by atoms with Crippen molar-refractivity contribution >= 4 is 33.4 Å². The van der Waals surface area contributed by atoms with Crippen LogP contribution in [0.1, 0.15) is 31.8 Å². The molecule has 0 aliphatic rings. The third kappa shape index (κ3) is 5.52. The number of aliphatic hydroxyl groups is 1. The van der Waals surface area contributed by atoms with Crippen LogP contribution in [0, 0.1) is 0 Å². The molecule has 96 valence electrons. The van der Waals surface area contributed by atoms with Gasteiger partial charge in [0.1, 0.15) is 11.7 Å². The summed E-state index contributed by atoms with van der Waals surface area (Å²) < 4.78 is 6.01. The molecule has 0 spiro atoms. The third-order valence-electron chi connectivity index (χ3n) is 1.76. The smallest absolute Gasteiger partial charge is 0.407 e. The molecule has 4 nitrogen and oxygen atoms in total. The molecule has 1 amide bonds. The van der Waals surface area contributed by atoms with Crippen LogP contribution in [0.15, 0.2) is 15.9 Å². The van der Waals surface area contributed by atoms with Crippen molar-refractivity contribution in [3.8, 4) is 0 Å². The van der Waals surface area contributed by atoms with Gasteiger partial charge in [-0.05, 0) is 48.8 Å². The van der Waals surface area contributed by atoms with Crippen molar-refractivity contribution in [2.45, 2.75) is 32.5 Å². The summed E-state index contributed by atoms with van der Waals surface area (Å²) in [6, 6.07) is 3.67. The second-order valence-corrected chi connectivity index (χ2v) is 7.04. The van der Waals surface area contributed by atoms with E-state index in [0.717, 1.165) is 8.66 Å². The Hall–Kier alpha value is -0.590. The minimum atomic E-state index is -0.709. The van der Waals surface area contributed by atoms with Crippen LogP contribution in [-0.4, -0.2) is 23.3 Å². The van der Waals surface area contributed by atoms with Gasteiger partial charge >= 0.3 is 6.09 Å². The number of hydrogen-bond acceptors (Lipinski definition) is 4. The molecule has 6 heteroatoms. The van der Waals surface area contributed by atoms with Gasteiger partial charge in [0.25, 0.3) is 0 Å². The Kier molecular flexibility index (Phi) is 4.97. The molecule has 0 saturated heterocycles. The Morgan fingerprint density at radius 2 is 2.24 bits per heavy atom. The maximum atomic E-state index is 11.3. The molecule has 0 aliphatic heterocycles. The minimum absolute atomic E-state index is 0.141. The van der Waals surface area contributed by atoms with Gasteiger partial charge in [-0.3, -0.25) is 0 Å². The Bertz CT molecular complexity index is 386. The van der Waals surface area contributed by atoms with Gasteiger partial charge in [0, 0.05) is 4.88 Å². The van der Waals surface area contributed by atoms with Crippen molar-refractivity contribution in [3.63, 3.8) is 0 Å². The average molecular weight is 322 g/mol. The number of rotatable bonds is 3. The first-order valence-electron chi connectivity index (χ1n) is 5.18. The number of hydrogen-bond donors (Lipinski definition) is 2. The number of alkyl carbamates (subject to hydrolysis) is 1. The van der Waals surface area contributed by atoms with E-state index in [1.54, 1.807) is 20.8 Å². The Morgan fingerprint density at radius 3 is 2.71 bits per heavy atom. The number of amides is 1. The first-order valence-corrected chi connectivity index (χ1v) is 6.79. The highest BCUT2D eigenvalue weighted by Crippen LogP contribution is 2.26. The number of halogens is 1. The summed E-state index contributed by atoms with van der Waals surface area (Å²) >= 11 is 4.75. The average Bonchev–Trinajstić information content (AvgIpc) is 2.58. The molecular weight excluding hydrogens is 306 g/mol. The zero-order chi connectivity index (χ0) is 13.1. The summed E-state index contributed by atoms with van der Waals surface area (Å²) in [5, 5.41) is 12.3. The quantitative estimate of drug-likeness (QED) is 0.899. The SMILES string of the molecule is CC(C)(C)OC(=O)NCC(O)c1ccc(Br)s1. The van der Waals surface area contributed by atoms with Gasteiger partial charge in [0.05, 0.1) is 10.3 Å². The molecule has 17 heavy (non-hydrogen) atoms. The fourth-order valence-corrected chi connectivity index (χ4v) is 2.51. The highest BCUT2D eigenvalue weighted by molar-refractivity contribution is 9.11. The van der Waals surface area contributed by atoms with Crippen LogP contribution in [0.5, 0.6) is 0 Å². The van der Waals surface area contributed by atoms with Gasteiger partial charge in [-0.2, -0.15) is 0 Å². The Morgan fingerprint density at radius 1 is 1.59 bits per heavy atom. The van der Waals surface area contributed by atoms with E-state index in [9.17, 15) is 9.90 Å². The summed E-state index contributed by atoms with van der Waals surface area (Å²) in [4.78, 5) is 12.1. The van der Waals surface area contributed by atoms with E-state index in [1.165, 1.54) is 11.3 Å². The summed E-state index contributed by atoms with van der Waals surface area (Å²) in [5.41, 5.74) is -0.527. The molecule has 0 aliphatic carbocycles. The maximum absolute atomic E-state index is 11.3. The van der Waals surface area contributed by atoms with E-state index in [0.29, 0.717) is 0 Å². The van der Waals surface area contributed by atoms with Crippen LogP contribution in [0.3, 0.4) is 0 Å². The van der Waals surface area contributed by atoms with Crippen LogP contribution in [0.25, 0.3) is 0 Å². The molecule has 0 fully saturated rings. The van der Waals surface area contributed by atoms with E-state index in [1.807, 2.05) is 12.1 Å². The summed E-state index contributed by atoms with van der Waals surface area (Å²) in [6.07, 6.45) is -1.23. The minimum Gasteiger partial charge on any atom is -0.444 e. The maximum Gasteiger partial charge on any atom is 0.407 e. The largest absolute Gasteiger partial charge is 0.444 e. The summed E-state index contributed by atoms with van der Waals surface area (Å²) in [5.74, 6) is 0. The fraction of sp³-hybridized carbons (Fsp3) is 0.545. The van der Waals surface area contributed by atoms with Crippen LogP contribution in [0.4, 0.5) is 4.79 Å². The van der Waals surface area contributed by atoms with E-state index in [2.05, 4.69) is 21.2 Å². The molecule has 1 unspecified atom stereocenters. The standard InChI is InChI=1S/C11H16BrNO3S/c1-11(2,3)16-10(15)13-6-7(14)8-4-5-9(12)17-8/h4-5,7,14H,6H2,1-3H3,(H,13,15). The van der Waals surface area contributed by atoms with Crippen molar-refractivity contribution in [2.24, 2.45) is 0 Å². The molecule has 1 aromatic rings. The zero-order valence-corrected chi connectivity index (χ0v) is 12.4. The second kappa shape index (κ2) is 5.84. The van der Waals surface area contributed by atoms with Crippen molar-refractivity contribution in [1.82, 2.24) is 5.32 Å². The topological polar surface area (TPSA) is 58.6 Å². The van der Waals surface area contributed by atoms with Crippen molar-refractivity contribution in [3.05, 3.63) is 20.8 Å². The van der Waals surface area contributed by atoms with Crippen LogP contribution >= 0.6 is 27.3 Å². The number of nitrogens with one attached hydrogen (secondary N) is 1. The van der Waals surface area contributed by atoms with E-state index >= 15 is 0 Å². The van der Waals surface area contributed by atoms with Gasteiger partial charge in [0.2, 0.25) is 0 Å². The van der Waals surface area contributed by atoms with Gasteiger partial charge in [-0.25, -0.2) is 4.79 Å². The van der Waals surface area contributed by atoms with Gasteiger partial charge in [-0.15, -0.1) is 11.3 Å². The lowest BCUT2D eigenvalue weighted by Gasteiger charge is -2.20. The van der Waals surface area contributed by atoms with E-state index in [-0.39, 0.29) is 6.54 Å². The highest BCUT2D eigenvalue weighted by atomic mass is 79.9. The lowest BCUT2D eigenvalue weighted by atomic mass is 10.2. The van der Waals surface area contributed by atoms with Crippen LogP contribution in [-0.2, 0) is 4.74 Å².